The van der Waals surface area contributed by atoms with Crippen molar-refractivity contribution in [2.45, 2.75) is 78.0 Å². The van der Waals surface area contributed by atoms with E-state index in [9.17, 15) is 19.5 Å². The Balaban J connectivity index is 5.56. The molecule has 0 unspecified atom stereocenters. The monoisotopic (exact) mass is 359 g/mol. The molecule has 0 saturated heterocycles. The number of hydrogen-bond donors (Lipinski definition) is 3. The number of hydrogen-bond acceptors (Lipinski definition) is 6. The molecule has 0 radical (unpaired) electrons. The van der Waals surface area contributed by atoms with E-state index in [2.05, 4.69) is 0 Å². The Morgan fingerprint density at radius 1 is 1.16 bits per heavy atom. The van der Waals surface area contributed by atoms with Crippen molar-refractivity contribution in [3.05, 3.63) is 0 Å². The lowest BCUT2D eigenvalue weighted by atomic mass is 10.0. The lowest BCUT2D eigenvalue weighted by Gasteiger charge is -2.32. The van der Waals surface area contributed by atoms with Gasteiger partial charge in [0.25, 0.3) is 0 Å². The number of carboxylic acids is 1. The molecule has 0 aliphatic carbocycles. The molecule has 0 heterocycles. The van der Waals surface area contributed by atoms with Crippen molar-refractivity contribution >= 4 is 18.0 Å². The molecule has 0 aromatic carbocycles. The number of carboxylic acid groups (broad SMARTS) is 1. The highest BCUT2D eigenvalue weighted by molar-refractivity contribution is 5.98. The van der Waals surface area contributed by atoms with Crippen molar-refractivity contribution in [3.63, 3.8) is 0 Å². The van der Waals surface area contributed by atoms with Gasteiger partial charge in [-0.25, -0.2) is 14.5 Å². The zero-order chi connectivity index (χ0) is 19.8. The highest BCUT2D eigenvalue weighted by Gasteiger charge is 2.39. The molecular formula is C17H33N3O5. The molecule has 8 heteroatoms. The van der Waals surface area contributed by atoms with Gasteiger partial charge in [0, 0.05) is 0 Å². The van der Waals surface area contributed by atoms with Crippen LogP contribution in [0.5, 0.6) is 0 Å². The van der Waals surface area contributed by atoms with E-state index in [0.717, 1.165) is 0 Å². The van der Waals surface area contributed by atoms with E-state index in [4.69, 9.17) is 16.2 Å². The number of carbonyl (C=O) groups excluding carboxylic acids is 2. The Kier molecular flexibility index (Phi) is 9.66. The van der Waals surface area contributed by atoms with E-state index in [1.165, 1.54) is 0 Å². The summed E-state index contributed by atoms with van der Waals surface area (Å²) in [5.41, 5.74) is 10.5. The van der Waals surface area contributed by atoms with Gasteiger partial charge in [-0.3, -0.25) is 4.79 Å². The van der Waals surface area contributed by atoms with Gasteiger partial charge in [-0.2, -0.15) is 0 Å². The third-order valence-corrected chi connectivity index (χ3v) is 3.40. The van der Waals surface area contributed by atoms with Gasteiger partial charge >= 0.3 is 12.1 Å². The summed E-state index contributed by atoms with van der Waals surface area (Å²) in [5, 5.41) is 9.53. The number of aliphatic carboxylic acids is 1. The van der Waals surface area contributed by atoms with Crippen molar-refractivity contribution < 1.29 is 24.2 Å². The molecule has 2 amide bonds. The SMILES string of the molecule is CC(C)C[C@H](N)C(=O)N(C(=O)OC(C)(C)C)[C@@H](CCCCN)C(=O)O. The Morgan fingerprint density at radius 2 is 1.72 bits per heavy atom. The van der Waals surface area contributed by atoms with E-state index < -0.39 is 35.7 Å². The molecule has 8 nitrogen and oxygen atoms in total. The van der Waals surface area contributed by atoms with Gasteiger partial charge in [-0.15, -0.1) is 0 Å². The molecule has 0 rings (SSSR count). The molecule has 2 atom stereocenters. The minimum atomic E-state index is -1.33. The van der Waals surface area contributed by atoms with Crippen molar-refractivity contribution in [1.29, 1.82) is 0 Å². The van der Waals surface area contributed by atoms with E-state index >= 15 is 0 Å². The zero-order valence-corrected chi connectivity index (χ0v) is 15.9. The predicted molar refractivity (Wildman–Crippen MR) is 94.8 cm³/mol. The first kappa shape index (κ1) is 23.3. The molecule has 0 saturated carbocycles. The van der Waals surface area contributed by atoms with Crippen LogP contribution in [-0.2, 0) is 14.3 Å². The fourth-order valence-electron chi connectivity index (χ4n) is 2.31. The van der Waals surface area contributed by atoms with E-state index in [1.54, 1.807) is 20.8 Å². The van der Waals surface area contributed by atoms with Gasteiger partial charge in [0.2, 0.25) is 5.91 Å². The second-order valence-electron chi connectivity index (χ2n) is 7.56. The number of rotatable bonds is 9. The summed E-state index contributed by atoms with van der Waals surface area (Å²) in [6.07, 6.45) is 0.522. The highest BCUT2D eigenvalue weighted by atomic mass is 16.6. The number of unbranched alkanes of at least 4 members (excludes halogenated alkanes) is 1. The molecule has 0 spiro atoms. The van der Waals surface area contributed by atoms with Crippen LogP contribution < -0.4 is 11.5 Å². The van der Waals surface area contributed by atoms with Crippen LogP contribution in [0.4, 0.5) is 4.79 Å². The van der Waals surface area contributed by atoms with Crippen LogP contribution in [0.3, 0.4) is 0 Å². The summed E-state index contributed by atoms with van der Waals surface area (Å²) in [7, 11) is 0. The Bertz CT molecular complexity index is 460. The average Bonchev–Trinajstić information content (AvgIpc) is 2.42. The van der Waals surface area contributed by atoms with Crippen molar-refractivity contribution in [1.82, 2.24) is 4.90 Å². The van der Waals surface area contributed by atoms with Crippen LogP contribution in [0.15, 0.2) is 0 Å². The summed E-state index contributed by atoms with van der Waals surface area (Å²) in [6, 6.07) is -2.30. The smallest absolute Gasteiger partial charge is 0.417 e. The molecule has 146 valence electrons. The van der Waals surface area contributed by atoms with E-state index in [-0.39, 0.29) is 12.3 Å². The standard InChI is InChI=1S/C17H33N3O5/c1-11(2)10-12(19)14(21)20(16(24)25-17(3,4)5)13(15(22)23)8-6-7-9-18/h11-13H,6-10,18-19H2,1-5H3,(H,22,23)/t12-,13-/m0/s1. The number of nitrogens with zero attached hydrogens (tertiary/aromatic N) is 1. The molecule has 0 fully saturated rings. The molecule has 25 heavy (non-hydrogen) atoms. The summed E-state index contributed by atoms with van der Waals surface area (Å²) < 4.78 is 5.24. The molecule has 0 aromatic heterocycles. The normalized spacial score (nSPS) is 14.1. The molecule has 0 bridgehead atoms. The van der Waals surface area contributed by atoms with Crippen molar-refractivity contribution in [2.75, 3.05) is 6.54 Å². The average molecular weight is 359 g/mol. The summed E-state index contributed by atoms with van der Waals surface area (Å²) in [4.78, 5) is 37.5. The first-order valence-corrected chi connectivity index (χ1v) is 8.65. The van der Waals surface area contributed by atoms with Gasteiger partial charge in [0.15, 0.2) is 0 Å². The minimum Gasteiger partial charge on any atom is -0.480 e. The number of ether oxygens (including phenoxy) is 1. The molecule has 0 aliphatic heterocycles. The molecule has 0 aromatic rings. The summed E-state index contributed by atoms with van der Waals surface area (Å²) >= 11 is 0. The number of nitrogens with two attached hydrogens (primary N) is 2. The molecular weight excluding hydrogens is 326 g/mol. The van der Waals surface area contributed by atoms with Gasteiger partial charge < -0.3 is 21.3 Å². The van der Waals surface area contributed by atoms with Gasteiger partial charge in [-0.05, 0) is 58.9 Å². The number of carbonyl (C=O) groups is 3. The molecule has 5 N–H and O–H groups in total. The fourth-order valence-corrected chi connectivity index (χ4v) is 2.31. The maximum absolute atomic E-state index is 12.7. The quantitative estimate of drug-likeness (QED) is 0.533. The molecule has 0 aliphatic rings. The van der Waals surface area contributed by atoms with Crippen LogP contribution in [-0.4, -0.2) is 52.2 Å². The Labute approximate surface area is 149 Å². The second-order valence-corrected chi connectivity index (χ2v) is 7.56. The first-order valence-electron chi connectivity index (χ1n) is 8.65. The lowest BCUT2D eigenvalue weighted by Crippen LogP contribution is -2.55. The Hall–Kier alpha value is -1.67. The fraction of sp³-hybridized carbons (Fsp3) is 0.824. The lowest BCUT2D eigenvalue weighted by molar-refractivity contribution is -0.150. The van der Waals surface area contributed by atoms with E-state index in [1.807, 2.05) is 13.8 Å². The third kappa shape index (κ3) is 8.83. The first-order chi connectivity index (χ1) is 11.4. The largest absolute Gasteiger partial charge is 0.480 e. The second kappa shape index (κ2) is 10.4. The number of imide groups is 1. The van der Waals surface area contributed by atoms with Gasteiger partial charge in [-0.1, -0.05) is 13.8 Å². The van der Waals surface area contributed by atoms with Crippen LogP contribution in [0.1, 0.15) is 60.3 Å². The van der Waals surface area contributed by atoms with Crippen molar-refractivity contribution in [3.8, 4) is 0 Å². The number of amides is 2. The predicted octanol–water partition coefficient (Wildman–Crippen LogP) is 1.71. The van der Waals surface area contributed by atoms with Gasteiger partial charge in [0.05, 0.1) is 6.04 Å². The maximum atomic E-state index is 12.7. The third-order valence-electron chi connectivity index (χ3n) is 3.40. The summed E-state index contributed by atoms with van der Waals surface area (Å²) in [5.74, 6) is -1.88. The maximum Gasteiger partial charge on any atom is 0.417 e. The van der Waals surface area contributed by atoms with Crippen LogP contribution in [0.25, 0.3) is 0 Å². The minimum absolute atomic E-state index is 0.103. The van der Waals surface area contributed by atoms with E-state index in [0.29, 0.717) is 30.7 Å². The van der Waals surface area contributed by atoms with Crippen LogP contribution >= 0.6 is 0 Å². The summed E-state index contributed by atoms with van der Waals surface area (Å²) in [6.45, 7) is 9.12. The zero-order valence-electron chi connectivity index (χ0n) is 15.9. The van der Waals surface area contributed by atoms with Gasteiger partial charge in [0.1, 0.15) is 11.6 Å². The Morgan fingerprint density at radius 3 is 2.12 bits per heavy atom. The van der Waals surface area contributed by atoms with Crippen LogP contribution in [0.2, 0.25) is 0 Å². The highest BCUT2D eigenvalue weighted by Crippen LogP contribution is 2.18. The van der Waals surface area contributed by atoms with Crippen LogP contribution in [0, 0.1) is 5.92 Å². The topological polar surface area (TPSA) is 136 Å². The van der Waals surface area contributed by atoms with Crippen molar-refractivity contribution in [2.24, 2.45) is 17.4 Å².